The first-order valence-corrected chi connectivity index (χ1v) is 5.52. The van der Waals surface area contributed by atoms with E-state index < -0.39 is 29.4 Å². The summed E-state index contributed by atoms with van der Waals surface area (Å²) in [6, 6.07) is 1.79. The predicted molar refractivity (Wildman–Crippen MR) is 64.0 cm³/mol. The van der Waals surface area contributed by atoms with Crippen LogP contribution in [0.4, 0.5) is 13.2 Å². The fourth-order valence-electron chi connectivity index (χ4n) is 1.85. The summed E-state index contributed by atoms with van der Waals surface area (Å²) >= 11 is 0. The van der Waals surface area contributed by atoms with Gasteiger partial charge in [0.25, 0.3) is 0 Å². The molecule has 0 bridgehead atoms. The molecule has 0 saturated heterocycles. The topological polar surface area (TPSA) is 81.8 Å². The Morgan fingerprint density at radius 3 is 2.20 bits per heavy atom. The van der Waals surface area contributed by atoms with Gasteiger partial charge >= 0.3 is 12.1 Å². The van der Waals surface area contributed by atoms with Gasteiger partial charge in [-0.15, -0.1) is 0 Å². The van der Waals surface area contributed by atoms with Crippen LogP contribution in [0.2, 0.25) is 0 Å². The van der Waals surface area contributed by atoms with Crippen LogP contribution in [0.15, 0.2) is 12.1 Å². The monoisotopic (exact) mass is 293 g/mol. The van der Waals surface area contributed by atoms with Crippen molar-refractivity contribution in [2.75, 3.05) is 20.8 Å². The molecular weight excluding hydrogens is 279 g/mol. The number of carboxylic acids is 1. The van der Waals surface area contributed by atoms with E-state index in [1.165, 1.54) is 0 Å². The lowest BCUT2D eigenvalue weighted by atomic mass is 9.96. The van der Waals surface area contributed by atoms with Gasteiger partial charge in [-0.05, 0) is 6.07 Å². The first-order chi connectivity index (χ1) is 9.27. The van der Waals surface area contributed by atoms with E-state index in [0.717, 1.165) is 26.4 Å². The van der Waals surface area contributed by atoms with Gasteiger partial charge in [-0.2, -0.15) is 13.2 Å². The number of carbonyl (C=O) groups is 1. The van der Waals surface area contributed by atoms with Crippen LogP contribution in [0.5, 0.6) is 11.5 Å². The van der Waals surface area contributed by atoms with Crippen LogP contribution in [0.1, 0.15) is 17.0 Å². The van der Waals surface area contributed by atoms with Crippen LogP contribution in [-0.2, 0) is 11.0 Å². The molecule has 20 heavy (non-hydrogen) atoms. The molecule has 112 valence electrons. The van der Waals surface area contributed by atoms with E-state index in [-0.39, 0.29) is 17.9 Å². The summed E-state index contributed by atoms with van der Waals surface area (Å²) in [5.41, 5.74) is 4.34. The predicted octanol–water partition coefficient (Wildman–Crippen LogP) is 1.85. The first-order valence-electron chi connectivity index (χ1n) is 5.52. The molecule has 0 aliphatic rings. The van der Waals surface area contributed by atoms with Gasteiger partial charge in [-0.25, -0.2) is 0 Å². The van der Waals surface area contributed by atoms with Crippen molar-refractivity contribution in [1.82, 2.24) is 0 Å². The smallest absolute Gasteiger partial charge is 0.420 e. The second-order valence-electron chi connectivity index (χ2n) is 3.89. The van der Waals surface area contributed by atoms with Gasteiger partial charge in [0.15, 0.2) is 11.5 Å². The lowest BCUT2D eigenvalue weighted by molar-refractivity contribution is -0.139. The van der Waals surface area contributed by atoms with Crippen molar-refractivity contribution < 1.29 is 32.5 Å². The average Bonchev–Trinajstić information content (AvgIpc) is 2.36. The highest BCUT2D eigenvalue weighted by molar-refractivity contribution is 5.78. The van der Waals surface area contributed by atoms with Crippen LogP contribution in [0.3, 0.4) is 0 Å². The number of alkyl halides is 3. The zero-order valence-corrected chi connectivity index (χ0v) is 10.8. The Bertz CT molecular complexity index is 502. The van der Waals surface area contributed by atoms with Gasteiger partial charge < -0.3 is 20.3 Å². The maximum absolute atomic E-state index is 12.8. The molecule has 1 atom stereocenters. The normalized spacial score (nSPS) is 12.9. The van der Waals surface area contributed by atoms with Gasteiger partial charge in [0.05, 0.1) is 20.1 Å². The van der Waals surface area contributed by atoms with Crippen molar-refractivity contribution in [3.63, 3.8) is 0 Å². The molecule has 0 fully saturated rings. The number of nitrogens with two attached hydrogens (primary N) is 1. The third-order valence-corrected chi connectivity index (χ3v) is 2.77. The summed E-state index contributed by atoms with van der Waals surface area (Å²) in [4.78, 5) is 11.1. The van der Waals surface area contributed by atoms with E-state index in [0.29, 0.717) is 0 Å². The molecule has 0 saturated carbocycles. The van der Waals surface area contributed by atoms with Gasteiger partial charge in [-0.1, -0.05) is 6.07 Å². The fraction of sp³-hybridized carbons (Fsp3) is 0.417. The van der Waals surface area contributed by atoms with Crippen LogP contribution in [-0.4, -0.2) is 31.8 Å². The lowest BCUT2D eigenvalue weighted by Crippen LogP contribution is -2.22. The summed E-state index contributed by atoms with van der Waals surface area (Å²) in [6.07, 6.45) is -4.64. The third-order valence-electron chi connectivity index (χ3n) is 2.77. The molecule has 1 aromatic rings. The Labute approximate surface area is 113 Å². The summed E-state index contributed by atoms with van der Waals surface area (Å²) in [6.45, 7) is -0.278. The van der Waals surface area contributed by atoms with E-state index in [4.69, 9.17) is 20.3 Å². The Kier molecular flexibility index (Phi) is 4.83. The van der Waals surface area contributed by atoms with E-state index in [1.54, 1.807) is 0 Å². The summed E-state index contributed by atoms with van der Waals surface area (Å²) in [5.74, 6) is -3.27. The molecule has 0 spiro atoms. The van der Waals surface area contributed by atoms with Crippen LogP contribution in [0.25, 0.3) is 0 Å². The van der Waals surface area contributed by atoms with E-state index >= 15 is 0 Å². The minimum Gasteiger partial charge on any atom is -0.493 e. The number of aliphatic carboxylic acids is 1. The van der Waals surface area contributed by atoms with Gasteiger partial charge in [0.1, 0.15) is 5.56 Å². The molecule has 0 aliphatic carbocycles. The van der Waals surface area contributed by atoms with Crippen molar-refractivity contribution in [1.29, 1.82) is 0 Å². The average molecular weight is 293 g/mol. The standard InChI is InChI=1S/C12H14F3NO4/c1-19-9-6(7(5-16)11(17)18)3-4-8(10(9)20-2)12(13,14)15/h3-4,7H,5,16H2,1-2H3,(H,17,18). The van der Waals surface area contributed by atoms with Crippen molar-refractivity contribution in [3.05, 3.63) is 23.3 Å². The fourth-order valence-corrected chi connectivity index (χ4v) is 1.85. The number of methoxy groups -OCH3 is 2. The summed E-state index contributed by atoms with van der Waals surface area (Å²) in [5, 5.41) is 9.04. The molecule has 0 aromatic heterocycles. The number of ether oxygens (including phenoxy) is 2. The van der Waals surface area contributed by atoms with Crippen molar-refractivity contribution in [2.24, 2.45) is 5.73 Å². The number of rotatable bonds is 5. The Morgan fingerprint density at radius 1 is 1.30 bits per heavy atom. The number of benzene rings is 1. The van der Waals surface area contributed by atoms with Crippen LogP contribution in [0, 0.1) is 0 Å². The van der Waals surface area contributed by atoms with Gasteiger partial charge in [0.2, 0.25) is 0 Å². The summed E-state index contributed by atoms with van der Waals surface area (Å²) in [7, 11) is 2.19. The van der Waals surface area contributed by atoms with Crippen LogP contribution >= 0.6 is 0 Å². The van der Waals surface area contributed by atoms with Gasteiger partial charge in [0, 0.05) is 12.1 Å². The maximum atomic E-state index is 12.8. The zero-order valence-electron chi connectivity index (χ0n) is 10.8. The molecule has 8 heteroatoms. The molecule has 0 aliphatic heterocycles. The molecule has 1 unspecified atom stereocenters. The first kappa shape index (κ1) is 16.1. The lowest BCUT2D eigenvalue weighted by Gasteiger charge is -2.20. The minimum absolute atomic E-state index is 0.0346. The Balaban J connectivity index is 3.54. The Hall–Kier alpha value is -1.96. The second kappa shape index (κ2) is 6.00. The molecule has 0 heterocycles. The Morgan fingerprint density at radius 2 is 1.85 bits per heavy atom. The van der Waals surface area contributed by atoms with Crippen molar-refractivity contribution in [3.8, 4) is 11.5 Å². The number of hydrogen-bond acceptors (Lipinski definition) is 4. The zero-order chi connectivity index (χ0) is 15.5. The quantitative estimate of drug-likeness (QED) is 0.865. The highest BCUT2D eigenvalue weighted by atomic mass is 19.4. The molecule has 5 nitrogen and oxygen atoms in total. The van der Waals surface area contributed by atoms with Crippen molar-refractivity contribution in [2.45, 2.75) is 12.1 Å². The molecule has 3 N–H and O–H groups in total. The number of hydrogen-bond donors (Lipinski definition) is 2. The molecule has 1 rings (SSSR count). The largest absolute Gasteiger partial charge is 0.493 e. The van der Waals surface area contributed by atoms with Gasteiger partial charge in [-0.3, -0.25) is 4.79 Å². The van der Waals surface area contributed by atoms with E-state index in [9.17, 15) is 18.0 Å². The van der Waals surface area contributed by atoms with E-state index in [2.05, 4.69) is 0 Å². The summed E-state index contributed by atoms with van der Waals surface area (Å²) < 4.78 is 48.2. The minimum atomic E-state index is -4.64. The molecule has 0 amide bonds. The number of halogens is 3. The molecule has 0 radical (unpaired) electrons. The number of carboxylic acid groups (broad SMARTS) is 1. The maximum Gasteiger partial charge on any atom is 0.420 e. The second-order valence-corrected chi connectivity index (χ2v) is 3.89. The van der Waals surface area contributed by atoms with E-state index in [1.807, 2.05) is 0 Å². The highest BCUT2D eigenvalue weighted by Crippen LogP contribution is 2.45. The molecular formula is C12H14F3NO4. The highest BCUT2D eigenvalue weighted by Gasteiger charge is 2.37. The van der Waals surface area contributed by atoms with Crippen molar-refractivity contribution >= 4 is 5.97 Å². The SMILES string of the molecule is COc1c(C(CN)C(=O)O)ccc(C(F)(F)F)c1OC. The van der Waals surface area contributed by atoms with Crippen LogP contribution < -0.4 is 15.2 Å². The third kappa shape index (κ3) is 2.96. The molecule has 1 aromatic carbocycles.